The van der Waals surface area contributed by atoms with Gasteiger partial charge in [-0.1, -0.05) is 176 Å². The van der Waals surface area contributed by atoms with Crippen molar-refractivity contribution < 1.29 is 4.42 Å². The van der Waals surface area contributed by atoms with Gasteiger partial charge in [-0.25, -0.2) is 15.0 Å². The number of rotatable bonds is 7. The quantitative estimate of drug-likeness (QED) is 0.161. The van der Waals surface area contributed by atoms with Crippen molar-refractivity contribution in [2.45, 2.75) is 0 Å². The van der Waals surface area contributed by atoms with E-state index in [1.54, 1.807) is 0 Å². The molecule has 0 aliphatic carbocycles. The van der Waals surface area contributed by atoms with Gasteiger partial charge in [0.15, 0.2) is 17.5 Å². The van der Waals surface area contributed by atoms with Gasteiger partial charge in [-0.05, 0) is 70.3 Å². The van der Waals surface area contributed by atoms with E-state index in [1.807, 2.05) is 72.8 Å². The summed E-state index contributed by atoms with van der Waals surface area (Å²) >= 11 is 0. The third-order valence-electron chi connectivity index (χ3n) is 11.9. The van der Waals surface area contributed by atoms with E-state index >= 15 is 0 Å². The number of fused-ring (bicyclic) bond motifs is 6. The average molecular weight is 793 g/mol. The first kappa shape index (κ1) is 35.5. The summed E-state index contributed by atoms with van der Waals surface area (Å²) in [5.74, 6) is 1.85. The van der Waals surface area contributed by atoms with Crippen LogP contribution in [0.3, 0.4) is 0 Å². The summed E-state index contributed by atoms with van der Waals surface area (Å²) in [7, 11) is 0. The van der Waals surface area contributed by atoms with Gasteiger partial charge in [0, 0.05) is 49.5 Å². The minimum atomic E-state index is 0.604. The minimum Gasteiger partial charge on any atom is -0.455 e. The van der Waals surface area contributed by atoms with Gasteiger partial charge in [-0.3, -0.25) is 0 Å². The molecule has 0 bridgehead atoms. The van der Waals surface area contributed by atoms with Crippen molar-refractivity contribution in [3.63, 3.8) is 0 Å². The summed E-state index contributed by atoms with van der Waals surface area (Å²) in [6.07, 6.45) is 0. The molecule has 12 aromatic rings. The van der Waals surface area contributed by atoms with Crippen LogP contribution >= 0.6 is 0 Å². The number of aromatic nitrogens is 4. The van der Waals surface area contributed by atoms with Crippen molar-refractivity contribution in [3.8, 4) is 73.2 Å². The fraction of sp³-hybridized carbons (Fsp3) is 0. The predicted octanol–water partition coefficient (Wildman–Crippen LogP) is 14.9. The van der Waals surface area contributed by atoms with Gasteiger partial charge in [0.25, 0.3) is 0 Å². The SMILES string of the molecule is c1ccc(-c2cccc(-c3cc(-n4c5ccccc5c5ccc(-c6cccc7c6oc6ccccc67)cc54)ccc3-c3nc(-c4ccccc4)nc(-c4ccccc4)n3)c2)cc1. The molecular formula is C57H36N4O. The molecule has 3 aromatic heterocycles. The highest BCUT2D eigenvalue weighted by molar-refractivity contribution is 6.13. The predicted molar refractivity (Wildman–Crippen MR) is 254 cm³/mol. The summed E-state index contributed by atoms with van der Waals surface area (Å²) in [6, 6.07) is 76.4. The monoisotopic (exact) mass is 792 g/mol. The lowest BCUT2D eigenvalue weighted by Gasteiger charge is -2.16. The van der Waals surface area contributed by atoms with Gasteiger partial charge in [0.05, 0.1) is 11.0 Å². The Morgan fingerprint density at radius 3 is 1.63 bits per heavy atom. The Hall–Kier alpha value is -8.41. The van der Waals surface area contributed by atoms with E-state index in [-0.39, 0.29) is 0 Å². The van der Waals surface area contributed by atoms with Crippen molar-refractivity contribution in [1.29, 1.82) is 0 Å². The number of furan rings is 1. The van der Waals surface area contributed by atoms with Crippen LogP contribution in [0.2, 0.25) is 0 Å². The Morgan fingerprint density at radius 2 is 0.871 bits per heavy atom. The Morgan fingerprint density at radius 1 is 0.306 bits per heavy atom. The molecule has 0 saturated heterocycles. The van der Waals surface area contributed by atoms with Gasteiger partial charge < -0.3 is 8.98 Å². The van der Waals surface area contributed by atoms with Crippen LogP contribution in [0.1, 0.15) is 0 Å². The Labute approximate surface area is 357 Å². The summed E-state index contributed by atoms with van der Waals surface area (Å²) in [6.45, 7) is 0. The molecular weight excluding hydrogens is 757 g/mol. The number of para-hydroxylation sites is 3. The summed E-state index contributed by atoms with van der Waals surface area (Å²) in [4.78, 5) is 15.4. The van der Waals surface area contributed by atoms with Crippen LogP contribution in [0.25, 0.3) is 117 Å². The van der Waals surface area contributed by atoms with E-state index in [9.17, 15) is 0 Å². The lowest BCUT2D eigenvalue weighted by atomic mass is 9.94. The highest BCUT2D eigenvalue weighted by Crippen LogP contribution is 2.41. The Kier molecular flexibility index (Phi) is 8.42. The maximum atomic E-state index is 6.54. The first-order valence-corrected chi connectivity index (χ1v) is 20.8. The third-order valence-corrected chi connectivity index (χ3v) is 11.9. The van der Waals surface area contributed by atoms with Crippen LogP contribution in [0.4, 0.5) is 0 Å². The minimum absolute atomic E-state index is 0.604. The third kappa shape index (κ3) is 6.06. The van der Waals surface area contributed by atoms with Crippen LogP contribution in [-0.4, -0.2) is 19.5 Å². The molecule has 0 aliphatic heterocycles. The Bertz CT molecular complexity index is 3570. The van der Waals surface area contributed by atoms with E-state index in [2.05, 4.69) is 150 Å². The molecule has 9 aromatic carbocycles. The molecule has 0 fully saturated rings. The van der Waals surface area contributed by atoms with Crippen LogP contribution in [0, 0.1) is 0 Å². The number of benzene rings is 9. The second-order valence-electron chi connectivity index (χ2n) is 15.6. The molecule has 12 rings (SSSR count). The molecule has 0 spiro atoms. The molecule has 0 unspecified atom stereocenters. The molecule has 0 saturated carbocycles. The zero-order valence-electron chi connectivity index (χ0n) is 33.5. The standard InChI is InChI=1S/C57H36N4O/c1-4-16-37(17-5-1)40-22-14-23-41(34-40)50-36-43(31-33-49(50)57-59-55(38-18-6-2-7-19-38)58-56(60-57)39-20-8-3-9-21-39)61-51-28-12-10-24-45(51)46-32-30-42(35-52(46)61)44-26-15-27-48-47-25-11-13-29-53(47)62-54(44)48/h1-36H. The number of hydrogen-bond donors (Lipinski definition) is 0. The van der Waals surface area contributed by atoms with Gasteiger partial charge in [0.1, 0.15) is 11.2 Å². The maximum Gasteiger partial charge on any atom is 0.164 e. The molecule has 5 nitrogen and oxygen atoms in total. The smallest absolute Gasteiger partial charge is 0.164 e. The van der Waals surface area contributed by atoms with Crippen molar-refractivity contribution >= 4 is 43.7 Å². The molecule has 0 aliphatic rings. The van der Waals surface area contributed by atoms with Crippen molar-refractivity contribution in [1.82, 2.24) is 19.5 Å². The molecule has 0 atom stereocenters. The number of nitrogens with zero attached hydrogens (tertiary/aromatic N) is 4. The summed E-state index contributed by atoms with van der Waals surface area (Å²) < 4.78 is 8.92. The van der Waals surface area contributed by atoms with Crippen molar-refractivity contribution in [2.24, 2.45) is 0 Å². The Balaban J connectivity index is 1.10. The highest BCUT2D eigenvalue weighted by atomic mass is 16.3. The van der Waals surface area contributed by atoms with E-state index in [1.165, 1.54) is 10.8 Å². The molecule has 5 heteroatoms. The van der Waals surface area contributed by atoms with E-state index in [4.69, 9.17) is 19.4 Å². The van der Waals surface area contributed by atoms with E-state index < -0.39 is 0 Å². The van der Waals surface area contributed by atoms with Gasteiger partial charge in [0.2, 0.25) is 0 Å². The van der Waals surface area contributed by atoms with Crippen LogP contribution in [-0.2, 0) is 0 Å². The summed E-state index contributed by atoms with van der Waals surface area (Å²) in [5, 5.41) is 4.59. The fourth-order valence-electron chi connectivity index (χ4n) is 8.92. The van der Waals surface area contributed by atoms with Crippen molar-refractivity contribution in [3.05, 3.63) is 218 Å². The largest absolute Gasteiger partial charge is 0.455 e. The van der Waals surface area contributed by atoms with Crippen LogP contribution in [0.15, 0.2) is 223 Å². The highest BCUT2D eigenvalue weighted by Gasteiger charge is 2.20. The zero-order valence-corrected chi connectivity index (χ0v) is 33.5. The first-order valence-electron chi connectivity index (χ1n) is 20.8. The number of hydrogen-bond acceptors (Lipinski definition) is 4. The second kappa shape index (κ2) is 14.7. The van der Waals surface area contributed by atoms with Gasteiger partial charge >= 0.3 is 0 Å². The first-order chi connectivity index (χ1) is 30.7. The zero-order chi connectivity index (χ0) is 41.0. The molecule has 290 valence electrons. The molecule has 3 heterocycles. The molecule has 0 amide bonds. The van der Waals surface area contributed by atoms with Gasteiger partial charge in [-0.15, -0.1) is 0 Å². The van der Waals surface area contributed by atoms with E-state index in [0.717, 1.165) is 88.7 Å². The lowest BCUT2D eigenvalue weighted by Crippen LogP contribution is -2.02. The van der Waals surface area contributed by atoms with E-state index in [0.29, 0.717) is 17.5 Å². The average Bonchev–Trinajstić information content (AvgIpc) is 3.90. The maximum absolute atomic E-state index is 6.54. The van der Waals surface area contributed by atoms with Gasteiger partial charge in [-0.2, -0.15) is 0 Å². The topological polar surface area (TPSA) is 56.7 Å². The second-order valence-corrected chi connectivity index (χ2v) is 15.6. The molecule has 0 radical (unpaired) electrons. The van der Waals surface area contributed by atoms with Crippen LogP contribution < -0.4 is 0 Å². The summed E-state index contributed by atoms with van der Waals surface area (Å²) in [5.41, 5.74) is 14.3. The molecule has 62 heavy (non-hydrogen) atoms. The fourth-order valence-corrected chi connectivity index (χ4v) is 8.92. The van der Waals surface area contributed by atoms with Crippen molar-refractivity contribution in [2.75, 3.05) is 0 Å². The molecule has 0 N–H and O–H groups in total. The normalized spacial score (nSPS) is 11.5. The van der Waals surface area contributed by atoms with Crippen LogP contribution in [0.5, 0.6) is 0 Å². The lowest BCUT2D eigenvalue weighted by molar-refractivity contribution is 0.670.